The van der Waals surface area contributed by atoms with Crippen molar-refractivity contribution in [1.82, 2.24) is 0 Å². The van der Waals surface area contributed by atoms with Gasteiger partial charge in [-0.05, 0) is 42.8 Å². The second-order valence-electron chi connectivity index (χ2n) is 4.78. The van der Waals surface area contributed by atoms with Crippen LogP contribution in [0.2, 0.25) is 0 Å². The number of benzene rings is 2. The molecule has 0 aliphatic rings. The van der Waals surface area contributed by atoms with E-state index in [0.717, 1.165) is 22.7 Å². The molecule has 1 unspecified atom stereocenters. The highest BCUT2D eigenvalue weighted by Gasteiger charge is 2.34. The number of halogens is 3. The third kappa shape index (κ3) is 3.39. The van der Waals surface area contributed by atoms with Gasteiger partial charge in [0.15, 0.2) is 0 Å². The summed E-state index contributed by atoms with van der Waals surface area (Å²) >= 11 is 3.31. The Bertz CT molecular complexity index is 673. The van der Waals surface area contributed by atoms with Gasteiger partial charge in [0.05, 0.1) is 0 Å². The quantitative estimate of drug-likeness (QED) is 0.882. The molecule has 1 atom stereocenters. The topological polar surface area (TPSA) is 55.1 Å². The number of carbonyl (C=O) groups is 1. The molecule has 0 spiro atoms. The van der Waals surface area contributed by atoms with Crippen LogP contribution in [0.4, 0.5) is 14.5 Å². The first kappa shape index (κ1) is 15.4. The van der Waals surface area contributed by atoms with Crippen molar-refractivity contribution in [1.29, 1.82) is 0 Å². The summed E-state index contributed by atoms with van der Waals surface area (Å²) in [4.78, 5) is 11.8. The molecule has 21 heavy (non-hydrogen) atoms. The number of hydrogen-bond acceptors (Lipinski definition) is 2. The lowest BCUT2D eigenvalue weighted by Gasteiger charge is -2.29. The maximum absolute atomic E-state index is 13.4. The van der Waals surface area contributed by atoms with E-state index in [4.69, 9.17) is 5.73 Å². The number of anilines is 1. The molecule has 0 saturated carbocycles. The second kappa shape index (κ2) is 5.81. The van der Waals surface area contributed by atoms with Gasteiger partial charge in [0.2, 0.25) is 5.91 Å². The van der Waals surface area contributed by atoms with Crippen LogP contribution in [-0.4, -0.2) is 5.91 Å². The van der Waals surface area contributed by atoms with E-state index in [1.165, 1.54) is 6.92 Å². The molecule has 0 aliphatic carbocycles. The Morgan fingerprint density at radius 2 is 1.81 bits per heavy atom. The average Bonchev–Trinajstić information content (AvgIpc) is 2.37. The lowest BCUT2D eigenvalue weighted by Crippen LogP contribution is -2.45. The van der Waals surface area contributed by atoms with E-state index in [-0.39, 0.29) is 5.56 Å². The summed E-state index contributed by atoms with van der Waals surface area (Å²) in [7, 11) is 0. The summed E-state index contributed by atoms with van der Waals surface area (Å²) in [6.45, 7) is 1.48. The Balaban J connectivity index is 2.47. The van der Waals surface area contributed by atoms with Gasteiger partial charge in [-0.15, -0.1) is 0 Å². The SMILES string of the molecule is CC(Nc1cccc(Br)c1)(C(N)=O)c1cc(F)cc(F)c1. The monoisotopic (exact) mass is 354 g/mol. The lowest BCUT2D eigenvalue weighted by molar-refractivity contribution is -0.122. The fourth-order valence-electron chi connectivity index (χ4n) is 1.97. The van der Waals surface area contributed by atoms with Gasteiger partial charge in [-0.1, -0.05) is 22.0 Å². The summed E-state index contributed by atoms with van der Waals surface area (Å²) in [5.41, 5.74) is 4.70. The third-order valence-corrected chi connectivity index (χ3v) is 3.64. The normalized spacial score (nSPS) is 13.5. The maximum atomic E-state index is 13.4. The zero-order chi connectivity index (χ0) is 15.6. The molecule has 0 fully saturated rings. The van der Waals surface area contributed by atoms with E-state index >= 15 is 0 Å². The Morgan fingerprint density at radius 1 is 1.19 bits per heavy atom. The Kier molecular flexibility index (Phi) is 4.27. The number of primary amides is 1. The largest absolute Gasteiger partial charge is 0.368 e. The van der Waals surface area contributed by atoms with Gasteiger partial charge >= 0.3 is 0 Å². The van der Waals surface area contributed by atoms with E-state index in [1.807, 2.05) is 6.07 Å². The number of amides is 1. The van der Waals surface area contributed by atoms with Crippen LogP contribution in [-0.2, 0) is 10.3 Å². The zero-order valence-corrected chi connectivity index (χ0v) is 12.7. The van der Waals surface area contributed by atoms with Gasteiger partial charge < -0.3 is 11.1 Å². The van der Waals surface area contributed by atoms with E-state index in [9.17, 15) is 13.6 Å². The Hall–Kier alpha value is -1.95. The molecule has 0 aliphatic heterocycles. The molecule has 2 aromatic rings. The zero-order valence-electron chi connectivity index (χ0n) is 11.2. The van der Waals surface area contributed by atoms with Crippen molar-refractivity contribution in [3.8, 4) is 0 Å². The molecule has 2 rings (SSSR count). The molecule has 2 aromatic carbocycles. The van der Waals surface area contributed by atoms with Crippen molar-refractivity contribution in [2.45, 2.75) is 12.5 Å². The Morgan fingerprint density at radius 3 is 2.33 bits per heavy atom. The molecule has 1 amide bonds. The summed E-state index contributed by atoms with van der Waals surface area (Å²) < 4.78 is 27.6. The number of hydrogen-bond donors (Lipinski definition) is 2. The first-order valence-corrected chi connectivity index (χ1v) is 6.91. The highest BCUT2D eigenvalue weighted by molar-refractivity contribution is 9.10. The van der Waals surface area contributed by atoms with E-state index < -0.39 is 23.1 Å². The van der Waals surface area contributed by atoms with Gasteiger partial charge in [-0.2, -0.15) is 0 Å². The molecule has 0 aromatic heterocycles. The first-order valence-electron chi connectivity index (χ1n) is 6.11. The first-order chi connectivity index (χ1) is 9.81. The summed E-state index contributed by atoms with van der Waals surface area (Å²) in [5.74, 6) is -2.28. The van der Waals surface area contributed by atoms with Crippen LogP contribution in [0.5, 0.6) is 0 Å². The van der Waals surface area contributed by atoms with Crippen molar-refractivity contribution in [2.24, 2.45) is 5.73 Å². The van der Waals surface area contributed by atoms with E-state index in [1.54, 1.807) is 18.2 Å². The van der Waals surface area contributed by atoms with Gasteiger partial charge in [0, 0.05) is 16.2 Å². The van der Waals surface area contributed by atoms with Crippen molar-refractivity contribution in [3.63, 3.8) is 0 Å². The maximum Gasteiger partial charge on any atom is 0.247 e. The minimum absolute atomic E-state index is 0.118. The van der Waals surface area contributed by atoms with Crippen molar-refractivity contribution in [3.05, 3.63) is 64.1 Å². The lowest BCUT2D eigenvalue weighted by atomic mass is 9.90. The van der Waals surface area contributed by atoms with Crippen LogP contribution in [0.3, 0.4) is 0 Å². The van der Waals surface area contributed by atoms with Gasteiger partial charge in [-0.3, -0.25) is 4.79 Å². The van der Waals surface area contributed by atoms with E-state index in [0.29, 0.717) is 5.69 Å². The van der Waals surface area contributed by atoms with Crippen LogP contribution in [0.25, 0.3) is 0 Å². The molecular weight excluding hydrogens is 342 g/mol. The molecule has 3 nitrogen and oxygen atoms in total. The van der Waals surface area contributed by atoms with Crippen LogP contribution in [0.15, 0.2) is 46.9 Å². The van der Waals surface area contributed by atoms with Crippen molar-refractivity contribution < 1.29 is 13.6 Å². The molecule has 0 radical (unpaired) electrons. The van der Waals surface area contributed by atoms with Crippen LogP contribution in [0, 0.1) is 11.6 Å². The average molecular weight is 355 g/mol. The van der Waals surface area contributed by atoms with Gasteiger partial charge in [0.25, 0.3) is 0 Å². The van der Waals surface area contributed by atoms with E-state index in [2.05, 4.69) is 21.2 Å². The fourth-order valence-corrected chi connectivity index (χ4v) is 2.37. The minimum atomic E-state index is -1.44. The highest BCUT2D eigenvalue weighted by Crippen LogP contribution is 2.28. The Labute approximate surface area is 129 Å². The fraction of sp³-hybridized carbons (Fsp3) is 0.133. The molecule has 3 N–H and O–H groups in total. The number of rotatable bonds is 4. The number of nitrogens with one attached hydrogen (secondary N) is 1. The third-order valence-electron chi connectivity index (χ3n) is 3.15. The molecule has 0 bridgehead atoms. The van der Waals surface area contributed by atoms with Crippen LogP contribution < -0.4 is 11.1 Å². The van der Waals surface area contributed by atoms with Crippen LogP contribution in [0.1, 0.15) is 12.5 Å². The predicted molar refractivity (Wildman–Crippen MR) is 80.7 cm³/mol. The van der Waals surface area contributed by atoms with Crippen molar-refractivity contribution >= 4 is 27.5 Å². The number of nitrogens with two attached hydrogens (primary N) is 1. The van der Waals surface area contributed by atoms with Crippen molar-refractivity contribution in [2.75, 3.05) is 5.32 Å². The standard InChI is InChI=1S/C15H13BrF2N2O/c1-15(14(19)21,9-5-11(17)8-12(18)6-9)20-13-4-2-3-10(16)7-13/h2-8,20H,1H3,(H2,19,21). The molecule has 0 heterocycles. The summed E-state index contributed by atoms with van der Waals surface area (Å²) in [6.07, 6.45) is 0. The summed E-state index contributed by atoms with van der Waals surface area (Å²) in [5, 5.41) is 2.93. The van der Waals surface area contributed by atoms with Gasteiger partial charge in [-0.25, -0.2) is 8.78 Å². The molecule has 110 valence electrons. The predicted octanol–water partition coefficient (Wildman–Crippen LogP) is 3.54. The highest BCUT2D eigenvalue weighted by atomic mass is 79.9. The van der Waals surface area contributed by atoms with Gasteiger partial charge in [0.1, 0.15) is 17.2 Å². The summed E-state index contributed by atoms with van der Waals surface area (Å²) in [6, 6.07) is 9.94. The second-order valence-corrected chi connectivity index (χ2v) is 5.70. The minimum Gasteiger partial charge on any atom is -0.368 e. The van der Waals surface area contributed by atoms with Crippen LogP contribution >= 0.6 is 15.9 Å². The molecular formula is C15H13BrF2N2O. The molecule has 6 heteroatoms. The molecule has 0 saturated heterocycles. The smallest absolute Gasteiger partial charge is 0.247 e. The number of carbonyl (C=O) groups excluding carboxylic acids is 1.